The van der Waals surface area contributed by atoms with Crippen LogP contribution in [0.4, 0.5) is 14.5 Å². The van der Waals surface area contributed by atoms with Crippen molar-refractivity contribution in [2.24, 2.45) is 23.2 Å². The van der Waals surface area contributed by atoms with Gasteiger partial charge in [0, 0.05) is 25.0 Å². The van der Waals surface area contributed by atoms with Crippen LogP contribution in [0.3, 0.4) is 0 Å². The first-order valence-electron chi connectivity index (χ1n) is 11.1. The molecular weight excluding hydrogens is 432 g/mol. The molecule has 3 aliphatic carbocycles. The zero-order valence-corrected chi connectivity index (χ0v) is 18.9. The molecule has 0 radical (unpaired) electrons. The van der Waals surface area contributed by atoms with E-state index in [1.165, 1.54) is 12.6 Å². The molecule has 2 aromatic heterocycles. The van der Waals surface area contributed by atoms with Gasteiger partial charge in [0.05, 0.1) is 6.20 Å². The minimum Gasteiger partial charge on any atom is -0.427 e. The summed E-state index contributed by atoms with van der Waals surface area (Å²) in [4.78, 5) is 29.0. The Morgan fingerprint density at radius 3 is 2.67 bits per heavy atom. The second kappa shape index (κ2) is 9.07. The summed E-state index contributed by atoms with van der Waals surface area (Å²) in [5.41, 5.74) is 0.353. The smallest absolute Gasteiger partial charge is 0.387 e. The Labute approximate surface area is 190 Å². The number of alkyl halides is 2. The summed E-state index contributed by atoms with van der Waals surface area (Å²) in [6, 6.07) is 3.52. The van der Waals surface area contributed by atoms with E-state index in [1.54, 1.807) is 24.5 Å². The number of carbonyl (C=O) groups is 1. The van der Waals surface area contributed by atoms with Crippen molar-refractivity contribution in [1.29, 1.82) is 0 Å². The van der Waals surface area contributed by atoms with E-state index in [2.05, 4.69) is 46.2 Å². The molecule has 0 spiro atoms. The van der Waals surface area contributed by atoms with Crippen LogP contribution in [-0.2, 0) is 17.9 Å². The molecule has 5 rings (SSSR count). The maximum atomic E-state index is 13.1. The molecule has 4 atom stereocenters. The summed E-state index contributed by atoms with van der Waals surface area (Å²) >= 11 is 0. The Hall–Kier alpha value is -3.04. The Morgan fingerprint density at radius 1 is 1.30 bits per heavy atom. The fourth-order valence-corrected chi connectivity index (χ4v) is 5.32. The molecular formula is C23H29F2N5O3. The van der Waals surface area contributed by atoms with Crippen molar-refractivity contribution in [1.82, 2.24) is 20.1 Å². The molecule has 3 fully saturated rings. The Bertz CT molecular complexity index is 1060. The Morgan fingerprint density at radius 2 is 2.03 bits per heavy atom. The molecule has 2 bridgehead atoms. The summed E-state index contributed by atoms with van der Waals surface area (Å²) in [7, 11) is 0. The minimum absolute atomic E-state index is 0.0301. The zero-order chi connectivity index (χ0) is 23.8. The number of halogens is 2. The number of pyridine rings is 1. The molecule has 0 saturated heterocycles. The molecule has 0 aliphatic heterocycles. The molecule has 2 unspecified atom stereocenters. The SMILES string of the molecule is C[C@H]1C(Nc2cnn(CC(=O)NCc3ccncc3)c(=O)c2OC(F)F)C[C@H]2CC1C2(C)C. The van der Waals surface area contributed by atoms with Gasteiger partial charge in [-0.05, 0) is 53.7 Å². The molecule has 2 heterocycles. The number of carbonyl (C=O) groups excluding carboxylic acids is 1. The number of nitrogens with zero attached hydrogens (tertiary/aromatic N) is 3. The largest absolute Gasteiger partial charge is 0.427 e. The van der Waals surface area contributed by atoms with Gasteiger partial charge in [-0.15, -0.1) is 0 Å². The predicted molar refractivity (Wildman–Crippen MR) is 118 cm³/mol. The van der Waals surface area contributed by atoms with Crippen molar-refractivity contribution in [2.45, 2.75) is 59.4 Å². The van der Waals surface area contributed by atoms with Crippen molar-refractivity contribution >= 4 is 11.6 Å². The molecule has 178 valence electrons. The highest BCUT2D eigenvalue weighted by Crippen LogP contribution is 2.61. The third-order valence-electron chi connectivity index (χ3n) is 7.43. The number of rotatable bonds is 8. The first kappa shape index (κ1) is 23.1. The van der Waals surface area contributed by atoms with E-state index < -0.39 is 30.4 Å². The quantitative estimate of drug-likeness (QED) is 0.627. The molecule has 1 amide bonds. The maximum absolute atomic E-state index is 13.1. The van der Waals surface area contributed by atoms with Gasteiger partial charge in [-0.3, -0.25) is 14.6 Å². The van der Waals surface area contributed by atoms with E-state index in [-0.39, 0.29) is 23.7 Å². The summed E-state index contributed by atoms with van der Waals surface area (Å²) in [6.07, 6.45) is 6.55. The standard InChI is InChI=1S/C23H29F2N5O3/c1-13-16-8-15(23(16,2)3)9-17(13)29-18-11-28-30(21(32)20(18)33-22(24)25)12-19(31)27-10-14-4-6-26-7-5-14/h4-7,11,13,15-17,22,29H,8-10,12H2,1-3H3,(H,27,31)/t13-,15-,16?,17?/m1/s1. The summed E-state index contributed by atoms with van der Waals surface area (Å²) < 4.78 is 31.6. The van der Waals surface area contributed by atoms with Crippen LogP contribution in [0.1, 0.15) is 39.2 Å². The van der Waals surface area contributed by atoms with E-state index in [0.717, 1.165) is 16.7 Å². The predicted octanol–water partition coefficient (Wildman–Crippen LogP) is 3.04. The number of amides is 1. The number of nitrogens with one attached hydrogen (secondary N) is 2. The van der Waals surface area contributed by atoms with Gasteiger partial charge < -0.3 is 15.4 Å². The van der Waals surface area contributed by atoms with Gasteiger partial charge >= 0.3 is 12.2 Å². The topological polar surface area (TPSA) is 98.1 Å². The lowest BCUT2D eigenvalue weighted by molar-refractivity contribution is -0.122. The van der Waals surface area contributed by atoms with Crippen molar-refractivity contribution in [3.05, 3.63) is 46.6 Å². The van der Waals surface area contributed by atoms with Gasteiger partial charge in [0.25, 0.3) is 0 Å². The average molecular weight is 462 g/mol. The van der Waals surface area contributed by atoms with E-state index in [1.807, 2.05) is 0 Å². The molecule has 0 aromatic carbocycles. The van der Waals surface area contributed by atoms with Crippen molar-refractivity contribution in [3.8, 4) is 5.75 Å². The van der Waals surface area contributed by atoms with Gasteiger partial charge in [0.1, 0.15) is 12.2 Å². The van der Waals surface area contributed by atoms with Crippen LogP contribution in [0.25, 0.3) is 0 Å². The Balaban J connectivity index is 1.48. The molecule has 8 nitrogen and oxygen atoms in total. The van der Waals surface area contributed by atoms with Crippen LogP contribution in [0.2, 0.25) is 0 Å². The molecule has 3 aliphatic rings. The van der Waals surface area contributed by atoms with E-state index in [0.29, 0.717) is 17.8 Å². The minimum atomic E-state index is -3.18. The van der Waals surface area contributed by atoms with Gasteiger partial charge in [-0.1, -0.05) is 20.8 Å². The Kier molecular flexibility index (Phi) is 6.36. The number of hydrogen-bond acceptors (Lipinski definition) is 6. The second-order valence-electron chi connectivity index (χ2n) is 9.57. The number of fused-ring (bicyclic) bond motifs is 2. The number of aromatic nitrogens is 3. The maximum Gasteiger partial charge on any atom is 0.387 e. The number of anilines is 1. The number of ether oxygens (including phenoxy) is 1. The average Bonchev–Trinajstić information content (AvgIpc) is 2.78. The fourth-order valence-electron chi connectivity index (χ4n) is 5.32. The third-order valence-corrected chi connectivity index (χ3v) is 7.43. The molecule has 2 N–H and O–H groups in total. The molecule has 10 heteroatoms. The normalized spacial score (nSPS) is 25.3. The lowest BCUT2D eigenvalue weighted by Crippen LogP contribution is -2.58. The fraction of sp³-hybridized carbons (Fsp3) is 0.565. The van der Waals surface area contributed by atoms with Crippen LogP contribution in [0, 0.1) is 23.2 Å². The van der Waals surface area contributed by atoms with Crippen LogP contribution < -0.4 is 20.9 Å². The van der Waals surface area contributed by atoms with Crippen molar-refractivity contribution in [2.75, 3.05) is 5.32 Å². The molecule has 33 heavy (non-hydrogen) atoms. The van der Waals surface area contributed by atoms with Crippen molar-refractivity contribution < 1.29 is 18.3 Å². The highest BCUT2D eigenvalue weighted by atomic mass is 19.3. The lowest BCUT2D eigenvalue weighted by Gasteiger charge is -2.62. The summed E-state index contributed by atoms with van der Waals surface area (Å²) in [6.45, 7) is 3.34. The highest BCUT2D eigenvalue weighted by Gasteiger charge is 2.56. The van der Waals surface area contributed by atoms with Gasteiger partial charge in [0.15, 0.2) is 0 Å². The van der Waals surface area contributed by atoms with E-state index >= 15 is 0 Å². The third kappa shape index (κ3) is 4.69. The van der Waals surface area contributed by atoms with Gasteiger partial charge in [-0.25, -0.2) is 4.68 Å². The first-order chi connectivity index (χ1) is 15.7. The molecule has 3 saturated carbocycles. The monoisotopic (exact) mass is 461 g/mol. The van der Waals surface area contributed by atoms with Crippen LogP contribution in [0.5, 0.6) is 5.75 Å². The zero-order valence-electron chi connectivity index (χ0n) is 18.9. The van der Waals surface area contributed by atoms with Crippen LogP contribution >= 0.6 is 0 Å². The molecule has 2 aromatic rings. The number of hydrogen-bond donors (Lipinski definition) is 2. The van der Waals surface area contributed by atoms with Gasteiger partial charge in [0.2, 0.25) is 11.7 Å². The van der Waals surface area contributed by atoms with Crippen molar-refractivity contribution in [3.63, 3.8) is 0 Å². The van der Waals surface area contributed by atoms with Gasteiger partial charge in [-0.2, -0.15) is 13.9 Å². The summed E-state index contributed by atoms with van der Waals surface area (Å²) in [5, 5.41) is 9.93. The first-order valence-corrected chi connectivity index (χ1v) is 11.1. The highest BCUT2D eigenvalue weighted by molar-refractivity contribution is 5.75. The van der Waals surface area contributed by atoms with Crippen LogP contribution in [-0.4, -0.2) is 33.3 Å². The summed E-state index contributed by atoms with van der Waals surface area (Å²) in [5.74, 6) is 0.394. The van der Waals surface area contributed by atoms with E-state index in [9.17, 15) is 18.4 Å². The van der Waals surface area contributed by atoms with E-state index in [4.69, 9.17) is 0 Å². The van der Waals surface area contributed by atoms with Crippen LogP contribution in [0.15, 0.2) is 35.5 Å². The lowest BCUT2D eigenvalue weighted by atomic mass is 9.45. The second-order valence-corrected chi connectivity index (χ2v) is 9.57.